The number of fused-ring (bicyclic) bond motifs is 1. The first-order chi connectivity index (χ1) is 14.6. The zero-order chi connectivity index (χ0) is 20.9. The maximum Gasteiger partial charge on any atom is 0.258 e. The Bertz CT molecular complexity index is 1070. The van der Waals surface area contributed by atoms with E-state index in [1.807, 2.05) is 23.6 Å². The van der Waals surface area contributed by atoms with E-state index in [-0.39, 0.29) is 11.5 Å². The van der Waals surface area contributed by atoms with Crippen LogP contribution in [-0.4, -0.2) is 38.8 Å². The number of amides is 1. The van der Waals surface area contributed by atoms with E-state index in [1.165, 1.54) is 24.2 Å². The Morgan fingerprint density at radius 3 is 2.90 bits per heavy atom. The van der Waals surface area contributed by atoms with Crippen LogP contribution in [0.1, 0.15) is 44.1 Å². The van der Waals surface area contributed by atoms with Gasteiger partial charge in [0.1, 0.15) is 5.82 Å². The van der Waals surface area contributed by atoms with Crippen LogP contribution in [0.5, 0.6) is 0 Å². The fourth-order valence-corrected chi connectivity index (χ4v) is 4.46. The number of nitrogens with one attached hydrogen (secondary N) is 2. The average Bonchev–Trinajstić information content (AvgIpc) is 3.16. The summed E-state index contributed by atoms with van der Waals surface area (Å²) in [6.45, 7) is 5.39. The van der Waals surface area contributed by atoms with Gasteiger partial charge < -0.3 is 10.3 Å². The predicted octanol–water partition coefficient (Wildman–Crippen LogP) is 3.57. The number of H-pyrrole nitrogens is 1. The fraction of sp³-hybridized carbons (Fsp3) is 0.455. The Kier molecular flexibility index (Phi) is 6.54. The van der Waals surface area contributed by atoms with Crippen LogP contribution in [0.15, 0.2) is 34.4 Å². The normalized spacial score (nSPS) is 15.5. The predicted molar refractivity (Wildman–Crippen MR) is 120 cm³/mol. The van der Waals surface area contributed by atoms with Gasteiger partial charge in [0.05, 0.1) is 16.6 Å². The SMILES string of the molecule is CC1CCN(Cc2csc(NC(=O)CCCc3nc4ccccc4c(=O)[nH]3)n2)CC1. The van der Waals surface area contributed by atoms with Crippen molar-refractivity contribution in [1.82, 2.24) is 19.9 Å². The summed E-state index contributed by atoms with van der Waals surface area (Å²) in [5, 5.41) is 6.15. The molecule has 0 unspecified atom stereocenters. The summed E-state index contributed by atoms with van der Waals surface area (Å²) in [6, 6.07) is 7.26. The van der Waals surface area contributed by atoms with Crippen LogP contribution in [0.4, 0.5) is 5.13 Å². The molecular formula is C22H27N5O2S. The highest BCUT2D eigenvalue weighted by atomic mass is 32.1. The number of aromatic amines is 1. The van der Waals surface area contributed by atoms with E-state index in [9.17, 15) is 9.59 Å². The standard InChI is InChI=1S/C22H27N5O2S/c1-15-9-11-27(12-10-15)13-16-14-30-22(23-16)26-20(28)8-4-7-19-24-18-6-3-2-5-17(18)21(29)25-19/h2-3,5-6,14-15H,4,7-13H2,1H3,(H,23,26,28)(H,24,25,29). The van der Waals surface area contributed by atoms with Crippen molar-refractivity contribution in [2.75, 3.05) is 18.4 Å². The van der Waals surface area contributed by atoms with Crippen LogP contribution >= 0.6 is 11.3 Å². The van der Waals surface area contributed by atoms with E-state index in [0.717, 1.165) is 31.2 Å². The molecule has 2 aromatic heterocycles. The Hall–Kier alpha value is -2.58. The molecule has 0 saturated carbocycles. The lowest BCUT2D eigenvalue weighted by atomic mass is 9.99. The Morgan fingerprint density at radius 2 is 2.07 bits per heavy atom. The molecule has 0 bridgehead atoms. The monoisotopic (exact) mass is 425 g/mol. The molecule has 158 valence electrons. The molecule has 0 spiro atoms. The van der Waals surface area contributed by atoms with Gasteiger partial charge in [-0.2, -0.15) is 0 Å². The van der Waals surface area contributed by atoms with Crippen molar-refractivity contribution in [3.05, 3.63) is 51.5 Å². The lowest BCUT2D eigenvalue weighted by Gasteiger charge is -2.29. The van der Waals surface area contributed by atoms with Crippen LogP contribution in [0.2, 0.25) is 0 Å². The number of carbonyl (C=O) groups excluding carboxylic acids is 1. The van der Waals surface area contributed by atoms with Gasteiger partial charge in [0.2, 0.25) is 5.91 Å². The molecule has 1 saturated heterocycles. The quantitative estimate of drug-likeness (QED) is 0.604. The number of benzene rings is 1. The highest BCUT2D eigenvalue weighted by molar-refractivity contribution is 7.13. The third-order valence-electron chi connectivity index (χ3n) is 5.54. The summed E-state index contributed by atoms with van der Waals surface area (Å²) in [6.07, 6.45) is 3.99. The number of piperidine rings is 1. The van der Waals surface area contributed by atoms with Crippen molar-refractivity contribution < 1.29 is 4.79 Å². The number of likely N-dealkylation sites (tertiary alicyclic amines) is 1. The maximum atomic E-state index is 12.3. The van der Waals surface area contributed by atoms with Gasteiger partial charge in [-0.15, -0.1) is 11.3 Å². The number of anilines is 1. The van der Waals surface area contributed by atoms with E-state index in [1.54, 1.807) is 6.07 Å². The molecular weight excluding hydrogens is 398 g/mol. The summed E-state index contributed by atoms with van der Waals surface area (Å²) in [5.41, 5.74) is 1.56. The molecule has 1 aliphatic rings. The summed E-state index contributed by atoms with van der Waals surface area (Å²) < 4.78 is 0. The minimum Gasteiger partial charge on any atom is -0.310 e. The van der Waals surface area contributed by atoms with E-state index < -0.39 is 0 Å². The summed E-state index contributed by atoms with van der Waals surface area (Å²) in [7, 11) is 0. The third-order valence-corrected chi connectivity index (χ3v) is 6.35. The fourth-order valence-electron chi connectivity index (χ4n) is 3.74. The van der Waals surface area contributed by atoms with Crippen LogP contribution < -0.4 is 10.9 Å². The number of hydrogen-bond acceptors (Lipinski definition) is 6. The number of hydrogen-bond donors (Lipinski definition) is 2. The molecule has 1 amide bonds. The summed E-state index contributed by atoms with van der Waals surface area (Å²) in [4.78, 5) is 38.7. The molecule has 3 aromatic rings. The zero-order valence-electron chi connectivity index (χ0n) is 17.2. The summed E-state index contributed by atoms with van der Waals surface area (Å²) in [5.74, 6) is 1.36. The van der Waals surface area contributed by atoms with Crippen LogP contribution in [-0.2, 0) is 17.8 Å². The van der Waals surface area contributed by atoms with Crippen LogP contribution in [0, 0.1) is 5.92 Å². The lowest BCUT2D eigenvalue weighted by molar-refractivity contribution is -0.116. The maximum absolute atomic E-state index is 12.3. The van der Waals surface area contributed by atoms with Crippen molar-refractivity contribution in [2.45, 2.75) is 45.6 Å². The Labute approximate surface area is 179 Å². The Balaban J connectivity index is 1.24. The molecule has 30 heavy (non-hydrogen) atoms. The lowest BCUT2D eigenvalue weighted by Crippen LogP contribution is -2.32. The van der Waals surface area contributed by atoms with Gasteiger partial charge in [-0.05, 0) is 50.4 Å². The van der Waals surface area contributed by atoms with E-state index in [4.69, 9.17) is 0 Å². The number of nitrogens with zero attached hydrogens (tertiary/aromatic N) is 3. The number of carbonyl (C=O) groups is 1. The van der Waals surface area contributed by atoms with Crippen LogP contribution in [0.3, 0.4) is 0 Å². The number of aromatic nitrogens is 3. The first-order valence-corrected chi connectivity index (χ1v) is 11.4. The largest absolute Gasteiger partial charge is 0.310 e. The molecule has 1 fully saturated rings. The van der Waals surface area contributed by atoms with Gasteiger partial charge in [-0.1, -0.05) is 19.1 Å². The van der Waals surface area contributed by atoms with Crippen molar-refractivity contribution in [2.24, 2.45) is 5.92 Å². The van der Waals surface area contributed by atoms with Gasteiger partial charge >= 0.3 is 0 Å². The van der Waals surface area contributed by atoms with Gasteiger partial charge in [-0.3, -0.25) is 14.5 Å². The van der Waals surface area contributed by atoms with Crippen molar-refractivity contribution >= 4 is 33.3 Å². The minimum absolute atomic E-state index is 0.0640. The number of thiazole rings is 1. The van der Waals surface area contributed by atoms with E-state index >= 15 is 0 Å². The van der Waals surface area contributed by atoms with E-state index in [2.05, 4.69) is 32.1 Å². The Morgan fingerprint density at radius 1 is 1.27 bits per heavy atom. The number of aryl methyl sites for hydroxylation is 1. The zero-order valence-corrected chi connectivity index (χ0v) is 18.0. The molecule has 7 nitrogen and oxygen atoms in total. The smallest absolute Gasteiger partial charge is 0.258 e. The molecule has 0 aliphatic carbocycles. The third kappa shape index (κ3) is 5.31. The molecule has 3 heterocycles. The van der Waals surface area contributed by atoms with Crippen LogP contribution in [0.25, 0.3) is 10.9 Å². The molecule has 0 radical (unpaired) electrons. The van der Waals surface area contributed by atoms with Crippen molar-refractivity contribution in [1.29, 1.82) is 0 Å². The topological polar surface area (TPSA) is 91.0 Å². The number of rotatable bonds is 7. The molecule has 1 aromatic carbocycles. The van der Waals surface area contributed by atoms with Crippen molar-refractivity contribution in [3.8, 4) is 0 Å². The first kappa shape index (κ1) is 20.7. The molecule has 2 N–H and O–H groups in total. The van der Waals surface area contributed by atoms with Gasteiger partial charge in [0.15, 0.2) is 5.13 Å². The molecule has 0 atom stereocenters. The molecule has 1 aliphatic heterocycles. The van der Waals surface area contributed by atoms with Gasteiger partial charge in [0, 0.05) is 24.8 Å². The molecule has 8 heteroatoms. The first-order valence-electron chi connectivity index (χ1n) is 10.5. The highest BCUT2D eigenvalue weighted by Crippen LogP contribution is 2.21. The van der Waals surface area contributed by atoms with Gasteiger partial charge in [0.25, 0.3) is 5.56 Å². The second-order valence-electron chi connectivity index (χ2n) is 8.03. The van der Waals surface area contributed by atoms with E-state index in [0.29, 0.717) is 41.1 Å². The second kappa shape index (κ2) is 9.49. The summed E-state index contributed by atoms with van der Waals surface area (Å²) >= 11 is 1.47. The second-order valence-corrected chi connectivity index (χ2v) is 8.89. The highest BCUT2D eigenvalue weighted by Gasteiger charge is 2.17. The average molecular weight is 426 g/mol. The minimum atomic E-state index is -0.140. The van der Waals surface area contributed by atoms with Gasteiger partial charge in [-0.25, -0.2) is 9.97 Å². The van der Waals surface area contributed by atoms with Crippen molar-refractivity contribution in [3.63, 3.8) is 0 Å². The molecule has 4 rings (SSSR count). The number of para-hydroxylation sites is 1.